The molecule has 102 valence electrons. The Morgan fingerprint density at radius 1 is 1.37 bits per heavy atom. The number of hydrogen-bond donors (Lipinski definition) is 1. The van der Waals surface area contributed by atoms with Crippen molar-refractivity contribution in [2.75, 3.05) is 12.4 Å². The van der Waals surface area contributed by atoms with Crippen LogP contribution in [-0.4, -0.2) is 16.9 Å². The first kappa shape index (κ1) is 13.9. The number of rotatable bonds is 5. The van der Waals surface area contributed by atoms with Crippen molar-refractivity contribution in [1.82, 2.24) is 9.78 Å². The van der Waals surface area contributed by atoms with Crippen molar-refractivity contribution >= 4 is 21.6 Å². The topological polar surface area (TPSA) is 39.1 Å². The largest absolute Gasteiger partial charge is 0.497 e. The fourth-order valence-corrected chi connectivity index (χ4v) is 2.21. The van der Waals surface area contributed by atoms with Crippen LogP contribution in [0.1, 0.15) is 25.6 Å². The lowest BCUT2D eigenvalue weighted by Crippen LogP contribution is -2.04. The summed E-state index contributed by atoms with van der Waals surface area (Å²) in [6.07, 6.45) is 2.00. The van der Waals surface area contributed by atoms with Crippen molar-refractivity contribution in [1.29, 1.82) is 0 Å². The van der Waals surface area contributed by atoms with Crippen LogP contribution < -0.4 is 10.1 Å². The summed E-state index contributed by atoms with van der Waals surface area (Å²) in [5.74, 6) is 0.824. The normalized spacial score (nSPS) is 10.8. The van der Waals surface area contributed by atoms with E-state index < -0.39 is 0 Å². The van der Waals surface area contributed by atoms with Crippen LogP contribution in [0.2, 0.25) is 0 Å². The lowest BCUT2D eigenvalue weighted by molar-refractivity contribution is 0.414. The zero-order valence-corrected chi connectivity index (χ0v) is 12.9. The highest BCUT2D eigenvalue weighted by molar-refractivity contribution is 9.10. The Bertz CT molecular complexity index is 551. The Kier molecular flexibility index (Phi) is 4.47. The Hall–Kier alpha value is -1.49. The van der Waals surface area contributed by atoms with Crippen molar-refractivity contribution in [3.8, 4) is 5.75 Å². The quantitative estimate of drug-likeness (QED) is 0.908. The van der Waals surface area contributed by atoms with E-state index in [1.807, 2.05) is 35.1 Å². The van der Waals surface area contributed by atoms with Gasteiger partial charge >= 0.3 is 0 Å². The molecule has 0 radical (unpaired) electrons. The molecular weight excluding hydrogens is 306 g/mol. The molecule has 0 atom stereocenters. The molecule has 2 aromatic rings. The van der Waals surface area contributed by atoms with Crippen molar-refractivity contribution in [3.63, 3.8) is 0 Å². The number of ether oxygens (including phenoxy) is 1. The van der Waals surface area contributed by atoms with Crippen LogP contribution in [0.5, 0.6) is 5.75 Å². The molecule has 1 aromatic carbocycles. The molecule has 1 aromatic heterocycles. The minimum atomic E-state index is 0.389. The number of methoxy groups -OCH3 is 1. The SMILES string of the molecule is COc1cc(Br)cc(NCc2ccn(C(C)C)n2)c1. The second-order valence-corrected chi connectivity index (χ2v) is 5.53. The fourth-order valence-electron chi connectivity index (χ4n) is 1.73. The summed E-state index contributed by atoms with van der Waals surface area (Å²) >= 11 is 3.46. The molecular formula is C14H18BrN3O. The maximum absolute atomic E-state index is 5.23. The third-order valence-electron chi connectivity index (χ3n) is 2.77. The summed E-state index contributed by atoms with van der Waals surface area (Å²) in [5, 5.41) is 7.84. The van der Waals surface area contributed by atoms with Gasteiger partial charge in [-0.2, -0.15) is 5.10 Å². The van der Waals surface area contributed by atoms with Gasteiger partial charge in [0.2, 0.25) is 0 Å². The molecule has 0 spiro atoms. The first-order chi connectivity index (χ1) is 9.08. The number of nitrogens with one attached hydrogen (secondary N) is 1. The predicted octanol–water partition coefficient (Wildman–Crippen LogP) is 3.85. The maximum atomic E-state index is 5.23. The average Bonchev–Trinajstić information content (AvgIpc) is 2.84. The smallest absolute Gasteiger partial charge is 0.122 e. The predicted molar refractivity (Wildman–Crippen MR) is 80.6 cm³/mol. The average molecular weight is 324 g/mol. The standard InChI is InChI=1S/C14H18BrN3O/c1-10(2)18-5-4-12(17-18)9-16-13-6-11(15)7-14(8-13)19-3/h4-8,10,16H,9H2,1-3H3. The van der Waals surface area contributed by atoms with Gasteiger partial charge in [-0.05, 0) is 32.0 Å². The Morgan fingerprint density at radius 2 is 2.16 bits per heavy atom. The van der Waals surface area contributed by atoms with Gasteiger partial charge in [-0.1, -0.05) is 15.9 Å². The van der Waals surface area contributed by atoms with Gasteiger partial charge in [0, 0.05) is 28.5 Å². The van der Waals surface area contributed by atoms with Crippen LogP contribution in [0.15, 0.2) is 34.9 Å². The van der Waals surface area contributed by atoms with E-state index in [9.17, 15) is 0 Å². The van der Waals surface area contributed by atoms with Gasteiger partial charge in [-0.25, -0.2) is 0 Å². The molecule has 0 aliphatic carbocycles. The molecule has 0 unspecified atom stereocenters. The minimum Gasteiger partial charge on any atom is -0.497 e. The third kappa shape index (κ3) is 3.73. The van der Waals surface area contributed by atoms with Crippen LogP contribution in [-0.2, 0) is 6.54 Å². The van der Waals surface area contributed by atoms with Gasteiger partial charge < -0.3 is 10.1 Å². The van der Waals surface area contributed by atoms with Crippen molar-refractivity contribution < 1.29 is 4.74 Å². The lowest BCUT2D eigenvalue weighted by atomic mass is 10.3. The Balaban J connectivity index is 2.03. The summed E-state index contributed by atoms with van der Waals surface area (Å²) in [7, 11) is 1.66. The second kappa shape index (κ2) is 6.10. The Morgan fingerprint density at radius 3 is 2.79 bits per heavy atom. The van der Waals surface area contributed by atoms with Crippen molar-refractivity contribution in [2.45, 2.75) is 26.4 Å². The molecule has 0 bridgehead atoms. The van der Waals surface area contributed by atoms with Crippen molar-refractivity contribution in [3.05, 3.63) is 40.6 Å². The van der Waals surface area contributed by atoms with Crippen LogP contribution in [0.4, 0.5) is 5.69 Å². The highest BCUT2D eigenvalue weighted by Gasteiger charge is 2.03. The Labute approximate surface area is 121 Å². The van der Waals surface area contributed by atoms with E-state index in [1.54, 1.807) is 7.11 Å². The third-order valence-corrected chi connectivity index (χ3v) is 3.23. The number of benzene rings is 1. The first-order valence-electron chi connectivity index (χ1n) is 6.21. The molecule has 2 rings (SSSR count). The summed E-state index contributed by atoms with van der Waals surface area (Å²) in [4.78, 5) is 0. The van der Waals surface area contributed by atoms with Crippen LogP contribution in [0, 0.1) is 0 Å². The maximum Gasteiger partial charge on any atom is 0.122 e. The number of aromatic nitrogens is 2. The molecule has 0 amide bonds. The summed E-state index contributed by atoms with van der Waals surface area (Å²) < 4.78 is 8.18. The molecule has 0 aliphatic heterocycles. The lowest BCUT2D eigenvalue weighted by Gasteiger charge is -2.08. The van der Waals surface area contributed by atoms with Gasteiger partial charge in [0.05, 0.1) is 19.3 Å². The monoisotopic (exact) mass is 323 g/mol. The first-order valence-corrected chi connectivity index (χ1v) is 7.00. The second-order valence-electron chi connectivity index (χ2n) is 4.61. The molecule has 0 aliphatic rings. The van der Waals surface area contributed by atoms with E-state index in [0.29, 0.717) is 12.6 Å². The fraction of sp³-hybridized carbons (Fsp3) is 0.357. The molecule has 1 N–H and O–H groups in total. The van der Waals surface area contributed by atoms with Gasteiger partial charge in [-0.15, -0.1) is 0 Å². The minimum absolute atomic E-state index is 0.389. The number of nitrogens with zero attached hydrogens (tertiary/aromatic N) is 2. The van der Waals surface area contributed by atoms with E-state index in [4.69, 9.17) is 4.74 Å². The molecule has 4 nitrogen and oxygen atoms in total. The zero-order chi connectivity index (χ0) is 13.8. The van der Waals surface area contributed by atoms with E-state index in [2.05, 4.69) is 40.2 Å². The van der Waals surface area contributed by atoms with E-state index in [0.717, 1.165) is 21.6 Å². The number of anilines is 1. The van der Waals surface area contributed by atoms with Gasteiger partial charge in [0.25, 0.3) is 0 Å². The van der Waals surface area contributed by atoms with E-state index >= 15 is 0 Å². The molecule has 1 heterocycles. The molecule has 19 heavy (non-hydrogen) atoms. The van der Waals surface area contributed by atoms with Crippen LogP contribution >= 0.6 is 15.9 Å². The number of hydrogen-bond acceptors (Lipinski definition) is 3. The molecule has 5 heteroatoms. The van der Waals surface area contributed by atoms with Crippen LogP contribution in [0.25, 0.3) is 0 Å². The molecule has 0 fully saturated rings. The molecule has 0 saturated heterocycles. The van der Waals surface area contributed by atoms with Gasteiger partial charge in [0.1, 0.15) is 5.75 Å². The van der Waals surface area contributed by atoms with Crippen molar-refractivity contribution in [2.24, 2.45) is 0 Å². The highest BCUT2D eigenvalue weighted by Crippen LogP contribution is 2.24. The van der Waals surface area contributed by atoms with E-state index in [-0.39, 0.29) is 0 Å². The molecule has 0 saturated carbocycles. The highest BCUT2D eigenvalue weighted by atomic mass is 79.9. The zero-order valence-electron chi connectivity index (χ0n) is 11.4. The summed E-state index contributed by atoms with van der Waals surface area (Å²) in [6.45, 7) is 4.92. The number of halogens is 1. The summed E-state index contributed by atoms with van der Waals surface area (Å²) in [5.41, 5.74) is 2.03. The van der Waals surface area contributed by atoms with Crippen LogP contribution in [0.3, 0.4) is 0 Å². The van der Waals surface area contributed by atoms with E-state index in [1.165, 1.54) is 0 Å². The summed E-state index contributed by atoms with van der Waals surface area (Å²) in [6, 6.07) is 8.33. The van der Waals surface area contributed by atoms with Gasteiger partial charge in [-0.3, -0.25) is 4.68 Å². The van der Waals surface area contributed by atoms with Gasteiger partial charge in [0.15, 0.2) is 0 Å².